The zero-order valence-corrected chi connectivity index (χ0v) is 26.0. The van der Waals surface area contributed by atoms with Crippen LogP contribution in [-0.2, 0) is 11.9 Å². The Morgan fingerprint density at radius 1 is 0.833 bits per heavy atom. The van der Waals surface area contributed by atoms with Crippen molar-refractivity contribution < 1.29 is 4.74 Å². The first-order valence-corrected chi connectivity index (χ1v) is 15.3. The Morgan fingerprint density at radius 2 is 1.39 bits per heavy atom. The standard InChI is InChI=1S/C31H48BrNO2.BrH/c1-3-5-7-9-11-14-20-28(21-15-12-10-8-6-4-2)26-35-31-25-33(29(23-32)22-30(31)34)24-27-18-16-13-17-19-27;/h13,16-19,22,25,28H,3-12,14-15,20-21,23-24,26H2,1-2H3;1H. The molecule has 0 atom stereocenters. The van der Waals surface area contributed by atoms with Crippen molar-refractivity contribution in [1.29, 1.82) is 0 Å². The summed E-state index contributed by atoms with van der Waals surface area (Å²) >= 11 is 3.54. The van der Waals surface area contributed by atoms with E-state index in [1.165, 1.54) is 95.5 Å². The third kappa shape index (κ3) is 13.5. The van der Waals surface area contributed by atoms with Crippen LogP contribution < -0.4 is 10.2 Å². The van der Waals surface area contributed by atoms with Gasteiger partial charge in [-0.25, -0.2) is 0 Å². The van der Waals surface area contributed by atoms with Gasteiger partial charge >= 0.3 is 0 Å². The van der Waals surface area contributed by atoms with Crippen molar-refractivity contribution in [2.24, 2.45) is 5.92 Å². The van der Waals surface area contributed by atoms with E-state index in [9.17, 15) is 4.79 Å². The van der Waals surface area contributed by atoms with Crippen molar-refractivity contribution in [1.82, 2.24) is 4.57 Å². The maximum atomic E-state index is 12.8. The van der Waals surface area contributed by atoms with E-state index in [0.717, 1.165) is 12.2 Å². The van der Waals surface area contributed by atoms with Crippen LogP contribution in [0.5, 0.6) is 5.75 Å². The molecule has 0 fully saturated rings. The lowest BCUT2D eigenvalue weighted by Crippen LogP contribution is -2.19. The van der Waals surface area contributed by atoms with Gasteiger partial charge in [0.2, 0.25) is 5.43 Å². The summed E-state index contributed by atoms with van der Waals surface area (Å²) in [6, 6.07) is 12.1. The number of pyridine rings is 1. The van der Waals surface area contributed by atoms with Crippen molar-refractivity contribution in [2.45, 2.75) is 116 Å². The smallest absolute Gasteiger partial charge is 0.223 e. The fourth-order valence-electron chi connectivity index (χ4n) is 4.69. The number of hydrogen-bond donors (Lipinski definition) is 0. The van der Waals surface area contributed by atoms with Crippen LogP contribution in [0.1, 0.15) is 115 Å². The van der Waals surface area contributed by atoms with Crippen molar-refractivity contribution in [3.63, 3.8) is 0 Å². The van der Waals surface area contributed by atoms with E-state index in [1.54, 1.807) is 6.07 Å². The molecule has 0 unspecified atom stereocenters. The molecule has 0 radical (unpaired) electrons. The van der Waals surface area contributed by atoms with Crippen molar-refractivity contribution in [3.05, 3.63) is 64.1 Å². The topological polar surface area (TPSA) is 31.2 Å². The highest BCUT2D eigenvalue weighted by molar-refractivity contribution is 9.08. The predicted octanol–water partition coefficient (Wildman–Crippen LogP) is 9.87. The zero-order valence-electron chi connectivity index (χ0n) is 22.7. The summed E-state index contributed by atoms with van der Waals surface area (Å²) in [5.74, 6) is 1.02. The molecule has 2 rings (SSSR count). The maximum absolute atomic E-state index is 12.8. The van der Waals surface area contributed by atoms with Gasteiger partial charge in [0.05, 0.1) is 12.8 Å². The summed E-state index contributed by atoms with van der Waals surface area (Å²) in [5, 5.41) is 0.647. The number of nitrogens with zero attached hydrogens (tertiary/aromatic N) is 1. The first-order chi connectivity index (χ1) is 17.2. The van der Waals surface area contributed by atoms with E-state index in [2.05, 4.69) is 58.6 Å². The molecule has 0 aliphatic carbocycles. The summed E-state index contributed by atoms with van der Waals surface area (Å²) in [4.78, 5) is 12.8. The molecule has 0 N–H and O–H groups in total. The lowest BCUT2D eigenvalue weighted by molar-refractivity contribution is 0.221. The van der Waals surface area contributed by atoms with Gasteiger partial charge in [-0.05, 0) is 24.3 Å². The Kier molecular flexibility index (Phi) is 19.2. The van der Waals surface area contributed by atoms with Crippen molar-refractivity contribution >= 4 is 32.9 Å². The number of hydrogen-bond acceptors (Lipinski definition) is 2. The van der Waals surface area contributed by atoms with Gasteiger partial charge in [0.15, 0.2) is 5.75 Å². The molecule has 1 heterocycles. The quantitative estimate of drug-likeness (QED) is 0.108. The molecule has 0 saturated carbocycles. The van der Waals surface area contributed by atoms with Crippen LogP contribution >= 0.6 is 32.9 Å². The minimum atomic E-state index is -0.0124. The number of ether oxygens (including phenoxy) is 1. The van der Waals surface area contributed by atoms with Gasteiger partial charge in [-0.1, -0.05) is 137 Å². The second-order valence-corrected chi connectivity index (χ2v) is 10.6. The molecule has 1 aromatic heterocycles. The first kappa shape index (κ1) is 33.0. The number of alkyl halides is 1. The summed E-state index contributed by atoms with van der Waals surface area (Å²) in [7, 11) is 0. The van der Waals surface area contributed by atoms with Crippen LogP contribution in [0.2, 0.25) is 0 Å². The second-order valence-electron chi connectivity index (χ2n) is 10.0. The third-order valence-corrected chi connectivity index (χ3v) is 7.50. The van der Waals surface area contributed by atoms with Gasteiger partial charge < -0.3 is 9.30 Å². The van der Waals surface area contributed by atoms with Crippen molar-refractivity contribution in [3.8, 4) is 5.75 Å². The van der Waals surface area contributed by atoms with Crippen LogP contribution in [0.4, 0.5) is 0 Å². The van der Waals surface area contributed by atoms with Crippen LogP contribution in [0, 0.1) is 5.92 Å². The Bertz CT molecular complexity index is 837. The monoisotopic (exact) mass is 625 g/mol. The minimum absolute atomic E-state index is 0. The Hall–Kier alpha value is -1.07. The Balaban J connectivity index is 0.00000648. The zero-order chi connectivity index (χ0) is 25.1. The molecule has 0 spiro atoms. The van der Waals surface area contributed by atoms with E-state index in [0.29, 0.717) is 23.6 Å². The van der Waals surface area contributed by atoms with Gasteiger partial charge in [0.25, 0.3) is 0 Å². The highest BCUT2D eigenvalue weighted by atomic mass is 79.9. The number of rotatable bonds is 20. The average molecular weight is 628 g/mol. The molecule has 0 aliphatic heterocycles. The second kappa shape index (κ2) is 20.9. The molecule has 0 aliphatic rings. The van der Waals surface area contributed by atoms with Gasteiger partial charge in [0.1, 0.15) is 0 Å². The first-order valence-electron chi connectivity index (χ1n) is 14.1. The van der Waals surface area contributed by atoms with E-state index in [4.69, 9.17) is 4.74 Å². The molecule has 36 heavy (non-hydrogen) atoms. The molecule has 0 bridgehead atoms. The van der Waals surface area contributed by atoms with Crippen molar-refractivity contribution in [2.75, 3.05) is 6.61 Å². The van der Waals surface area contributed by atoms with Crippen LogP contribution in [0.25, 0.3) is 0 Å². The molecule has 204 valence electrons. The SMILES string of the molecule is Br.CCCCCCCCC(CCCCCCCC)COc1cn(Cc2ccccc2)c(CBr)cc1=O. The molecule has 0 amide bonds. The van der Waals surface area contributed by atoms with E-state index in [1.807, 2.05) is 12.3 Å². The van der Waals surface area contributed by atoms with E-state index < -0.39 is 0 Å². The normalized spacial score (nSPS) is 11.0. The highest BCUT2D eigenvalue weighted by Crippen LogP contribution is 2.21. The largest absolute Gasteiger partial charge is 0.488 e. The lowest BCUT2D eigenvalue weighted by atomic mass is 9.94. The Labute approximate surface area is 239 Å². The minimum Gasteiger partial charge on any atom is -0.488 e. The third-order valence-electron chi connectivity index (χ3n) is 6.92. The molecular weight excluding hydrogens is 578 g/mol. The molecule has 2 aromatic rings. The van der Waals surface area contributed by atoms with Gasteiger partial charge in [-0.3, -0.25) is 4.79 Å². The number of benzene rings is 1. The number of halogens is 2. The number of aromatic nitrogens is 1. The van der Waals surface area contributed by atoms with Gasteiger partial charge in [0, 0.05) is 23.6 Å². The molecule has 1 aromatic carbocycles. The summed E-state index contributed by atoms with van der Waals surface area (Å²) < 4.78 is 8.36. The predicted molar refractivity (Wildman–Crippen MR) is 164 cm³/mol. The fourth-order valence-corrected chi connectivity index (χ4v) is 5.17. The van der Waals surface area contributed by atoms with E-state index >= 15 is 0 Å². The lowest BCUT2D eigenvalue weighted by Gasteiger charge is -2.19. The summed E-state index contributed by atoms with van der Waals surface area (Å²) in [6.07, 6.45) is 20.2. The molecular formula is C31H49Br2NO2. The van der Waals surface area contributed by atoms with Gasteiger partial charge in [-0.2, -0.15) is 0 Å². The maximum Gasteiger partial charge on any atom is 0.223 e. The van der Waals surface area contributed by atoms with Crippen LogP contribution in [0.15, 0.2) is 47.4 Å². The molecule has 5 heteroatoms. The molecule has 3 nitrogen and oxygen atoms in total. The average Bonchev–Trinajstić information content (AvgIpc) is 2.88. The summed E-state index contributed by atoms with van der Waals surface area (Å²) in [6.45, 7) is 5.92. The Morgan fingerprint density at radius 3 is 1.94 bits per heavy atom. The van der Waals surface area contributed by atoms with E-state index in [-0.39, 0.29) is 22.4 Å². The van der Waals surface area contributed by atoms with Crippen LogP contribution in [0.3, 0.4) is 0 Å². The number of unbranched alkanes of at least 4 members (excludes halogenated alkanes) is 10. The van der Waals surface area contributed by atoms with Crippen LogP contribution in [-0.4, -0.2) is 11.2 Å². The highest BCUT2D eigenvalue weighted by Gasteiger charge is 2.13. The summed E-state index contributed by atoms with van der Waals surface area (Å²) in [5.41, 5.74) is 2.18. The fraction of sp³-hybridized carbons (Fsp3) is 0.645. The molecule has 0 saturated heterocycles. The van der Waals surface area contributed by atoms with Gasteiger partial charge in [-0.15, -0.1) is 17.0 Å².